The number of aryl methyl sites for hydroxylation is 1. The van der Waals surface area contributed by atoms with Crippen molar-refractivity contribution < 1.29 is 13.9 Å². The predicted octanol–water partition coefficient (Wildman–Crippen LogP) is 7.09. The summed E-state index contributed by atoms with van der Waals surface area (Å²) >= 11 is 7.67. The van der Waals surface area contributed by atoms with Crippen LogP contribution in [0.25, 0.3) is 11.8 Å². The Balaban J connectivity index is 1.31. The summed E-state index contributed by atoms with van der Waals surface area (Å²) in [5, 5.41) is 0.640. The topological polar surface area (TPSA) is 52.8 Å². The molecule has 7 rings (SSSR count). The monoisotopic (exact) mass is 622 g/mol. The molecule has 5 aromatic rings. The van der Waals surface area contributed by atoms with E-state index in [0.717, 1.165) is 46.4 Å². The van der Waals surface area contributed by atoms with E-state index in [0.29, 0.717) is 39.1 Å². The van der Waals surface area contributed by atoms with Gasteiger partial charge in [-0.1, -0.05) is 83.6 Å². The molecule has 220 valence electrons. The highest BCUT2D eigenvalue weighted by atomic mass is 35.5. The summed E-state index contributed by atoms with van der Waals surface area (Å²) in [4.78, 5) is 19.8. The summed E-state index contributed by atoms with van der Waals surface area (Å²) < 4.78 is 28.3. The second-order valence-corrected chi connectivity index (χ2v) is 12.1. The molecule has 2 heterocycles. The van der Waals surface area contributed by atoms with Crippen molar-refractivity contribution in [3.8, 4) is 11.5 Å². The first-order valence-electron chi connectivity index (χ1n) is 14.5. The number of allylic oxidation sites excluding steroid dienone is 1. The Labute approximate surface area is 262 Å². The average Bonchev–Trinajstić information content (AvgIpc) is 3.35. The maximum atomic E-state index is 14.1. The van der Waals surface area contributed by atoms with Crippen LogP contribution in [0.4, 0.5) is 4.39 Å². The Hall–Kier alpha value is -4.46. The molecule has 2 aliphatic rings. The zero-order valence-electron chi connectivity index (χ0n) is 23.9. The first kappa shape index (κ1) is 28.3. The summed E-state index contributed by atoms with van der Waals surface area (Å²) in [6.45, 7) is 2.67. The van der Waals surface area contributed by atoms with Gasteiger partial charge in [0.1, 0.15) is 12.4 Å². The van der Waals surface area contributed by atoms with E-state index in [4.69, 9.17) is 26.1 Å². The number of hydrogen-bond donors (Lipinski definition) is 0. The van der Waals surface area contributed by atoms with Gasteiger partial charge in [-0.3, -0.25) is 9.36 Å². The van der Waals surface area contributed by atoms with E-state index in [-0.39, 0.29) is 17.4 Å². The standard InChI is InChI=1S/C36H28ClFN2O3S/c1-2-42-31-19-22(11-18-30(31)43-21-25-8-4-6-10-29(25)37)20-32-35(41)40-34(24-12-15-26(38)16-13-24)28-17-14-23-7-3-5-9-27(23)33(28)39-36(40)44-32/h3-13,15-16,18-20,34H,2,14,17,21H2,1H3/b32-20+/t34-/m1/s1. The molecule has 1 atom stereocenters. The first-order chi connectivity index (χ1) is 21.5. The van der Waals surface area contributed by atoms with Crippen molar-refractivity contribution in [1.82, 2.24) is 4.57 Å². The van der Waals surface area contributed by atoms with Crippen molar-refractivity contribution in [1.29, 1.82) is 0 Å². The van der Waals surface area contributed by atoms with E-state index in [2.05, 4.69) is 12.1 Å². The van der Waals surface area contributed by atoms with Crippen LogP contribution < -0.4 is 24.4 Å². The third-order valence-electron chi connectivity index (χ3n) is 7.97. The lowest BCUT2D eigenvalue weighted by Crippen LogP contribution is -2.38. The van der Waals surface area contributed by atoms with Gasteiger partial charge in [-0.25, -0.2) is 9.38 Å². The van der Waals surface area contributed by atoms with Gasteiger partial charge in [0.25, 0.3) is 5.56 Å². The van der Waals surface area contributed by atoms with Crippen molar-refractivity contribution in [3.63, 3.8) is 0 Å². The Morgan fingerprint density at radius 1 is 0.977 bits per heavy atom. The van der Waals surface area contributed by atoms with Crippen molar-refractivity contribution in [3.05, 3.63) is 155 Å². The average molecular weight is 623 g/mol. The molecule has 1 aliphatic carbocycles. The summed E-state index contributed by atoms with van der Waals surface area (Å²) in [6.07, 6.45) is 3.50. The maximum absolute atomic E-state index is 14.1. The third kappa shape index (κ3) is 5.27. The second-order valence-electron chi connectivity index (χ2n) is 10.7. The molecule has 1 aliphatic heterocycles. The van der Waals surface area contributed by atoms with E-state index in [1.807, 2.05) is 67.6 Å². The van der Waals surface area contributed by atoms with Crippen molar-refractivity contribution in [2.75, 3.05) is 6.61 Å². The summed E-state index contributed by atoms with van der Waals surface area (Å²) in [6, 6.07) is 27.5. The molecule has 0 spiro atoms. The normalized spacial score (nSPS) is 15.7. The molecule has 0 unspecified atom stereocenters. The molecule has 0 radical (unpaired) electrons. The molecule has 8 heteroatoms. The lowest BCUT2D eigenvalue weighted by molar-refractivity contribution is 0.269. The number of halogens is 2. The molecular weight excluding hydrogens is 595 g/mol. The minimum absolute atomic E-state index is 0.134. The fourth-order valence-electron chi connectivity index (χ4n) is 5.89. The van der Waals surface area contributed by atoms with Crippen molar-refractivity contribution >= 4 is 34.7 Å². The quantitative estimate of drug-likeness (QED) is 0.195. The van der Waals surface area contributed by atoms with Crippen LogP contribution in [0.1, 0.15) is 47.2 Å². The third-order valence-corrected chi connectivity index (χ3v) is 9.32. The number of thiazole rings is 1. The van der Waals surface area contributed by atoms with E-state index in [9.17, 15) is 9.18 Å². The van der Waals surface area contributed by atoms with E-state index < -0.39 is 0 Å². The Morgan fingerprint density at radius 2 is 1.77 bits per heavy atom. The van der Waals surface area contributed by atoms with E-state index >= 15 is 0 Å². The van der Waals surface area contributed by atoms with Gasteiger partial charge in [0, 0.05) is 16.1 Å². The van der Waals surface area contributed by atoms with E-state index in [1.54, 1.807) is 16.7 Å². The van der Waals surface area contributed by atoms with Crippen LogP contribution in [-0.2, 0) is 13.0 Å². The summed E-state index contributed by atoms with van der Waals surface area (Å²) in [5.41, 5.74) is 6.73. The highest BCUT2D eigenvalue weighted by Gasteiger charge is 2.32. The SMILES string of the molecule is CCOc1cc(/C=c2/sc3n(c2=O)[C@H](c2ccc(F)cc2)C2=C(N=3)c3ccccc3CC2)ccc1OCc1ccccc1Cl. The molecule has 0 N–H and O–H groups in total. The summed E-state index contributed by atoms with van der Waals surface area (Å²) in [5.74, 6) is 0.860. The van der Waals surface area contributed by atoms with Gasteiger partial charge in [0.05, 0.1) is 22.9 Å². The van der Waals surface area contributed by atoms with Crippen LogP contribution in [0.3, 0.4) is 0 Å². The number of ether oxygens (including phenoxy) is 2. The molecule has 1 aromatic heterocycles. The molecule has 5 nitrogen and oxygen atoms in total. The van der Waals surface area contributed by atoms with Crippen LogP contribution in [-0.4, -0.2) is 11.2 Å². The van der Waals surface area contributed by atoms with Gasteiger partial charge in [-0.05, 0) is 78.4 Å². The highest BCUT2D eigenvalue weighted by Crippen LogP contribution is 2.41. The lowest BCUT2D eigenvalue weighted by Gasteiger charge is -2.30. The van der Waals surface area contributed by atoms with E-state index in [1.165, 1.54) is 29.0 Å². The number of hydrogen-bond acceptors (Lipinski definition) is 5. The molecule has 0 fully saturated rings. The van der Waals surface area contributed by atoms with Gasteiger partial charge >= 0.3 is 0 Å². The maximum Gasteiger partial charge on any atom is 0.271 e. The fraction of sp³-hybridized carbons (Fsp3) is 0.167. The van der Waals surface area contributed by atoms with Crippen LogP contribution in [0.2, 0.25) is 5.02 Å². The van der Waals surface area contributed by atoms with Gasteiger partial charge in [-0.15, -0.1) is 0 Å². The number of rotatable bonds is 7. The van der Waals surface area contributed by atoms with Gasteiger partial charge in [0.15, 0.2) is 16.3 Å². The second kappa shape index (κ2) is 11.9. The minimum Gasteiger partial charge on any atom is -0.490 e. The Kier molecular flexibility index (Phi) is 7.66. The zero-order chi connectivity index (χ0) is 30.2. The number of nitrogens with zero attached hydrogens (tertiary/aromatic N) is 2. The molecular formula is C36H28ClFN2O3S. The highest BCUT2D eigenvalue weighted by molar-refractivity contribution is 7.07. The molecule has 0 bridgehead atoms. The smallest absolute Gasteiger partial charge is 0.271 e. The molecule has 0 saturated heterocycles. The van der Waals surface area contributed by atoms with Crippen LogP contribution in [0, 0.1) is 5.82 Å². The number of aromatic nitrogens is 1. The largest absolute Gasteiger partial charge is 0.490 e. The molecule has 0 amide bonds. The summed E-state index contributed by atoms with van der Waals surface area (Å²) in [7, 11) is 0. The number of benzene rings is 4. The van der Waals surface area contributed by atoms with Crippen LogP contribution in [0.5, 0.6) is 11.5 Å². The van der Waals surface area contributed by atoms with Gasteiger partial charge in [-0.2, -0.15) is 0 Å². The Morgan fingerprint density at radius 3 is 2.59 bits per heavy atom. The number of fused-ring (bicyclic) bond motifs is 3. The molecule has 4 aromatic carbocycles. The zero-order valence-corrected chi connectivity index (χ0v) is 25.5. The molecule has 44 heavy (non-hydrogen) atoms. The Bertz CT molecular complexity index is 2100. The predicted molar refractivity (Wildman–Crippen MR) is 173 cm³/mol. The van der Waals surface area contributed by atoms with Gasteiger partial charge < -0.3 is 9.47 Å². The first-order valence-corrected chi connectivity index (χ1v) is 15.7. The molecule has 0 saturated carbocycles. The van der Waals surface area contributed by atoms with Crippen molar-refractivity contribution in [2.24, 2.45) is 4.99 Å². The van der Waals surface area contributed by atoms with Crippen LogP contribution >= 0.6 is 22.9 Å². The van der Waals surface area contributed by atoms with Gasteiger partial charge in [0.2, 0.25) is 0 Å². The fourth-order valence-corrected chi connectivity index (χ4v) is 7.08. The minimum atomic E-state index is -0.364. The van der Waals surface area contributed by atoms with Crippen molar-refractivity contribution in [2.45, 2.75) is 32.4 Å². The lowest BCUT2D eigenvalue weighted by atomic mass is 9.83. The van der Waals surface area contributed by atoms with Crippen LogP contribution in [0.15, 0.2) is 106 Å².